The first-order chi connectivity index (χ1) is 9.15. The van der Waals surface area contributed by atoms with Gasteiger partial charge in [-0.05, 0) is 58.4 Å². The van der Waals surface area contributed by atoms with Crippen molar-refractivity contribution in [1.82, 2.24) is 5.32 Å². The third-order valence-electron chi connectivity index (χ3n) is 2.99. The Kier molecular flexibility index (Phi) is 4.56. The summed E-state index contributed by atoms with van der Waals surface area (Å²) in [6, 6.07) is 12.8. The molecule has 0 fully saturated rings. The summed E-state index contributed by atoms with van der Waals surface area (Å²) in [7, 11) is 3.52. The van der Waals surface area contributed by atoms with E-state index in [1.165, 1.54) is 6.07 Å². The molecule has 4 heteroatoms. The first-order valence-electron chi connectivity index (χ1n) is 5.92. The lowest BCUT2D eigenvalue weighted by Crippen LogP contribution is -2.17. The quantitative estimate of drug-likeness (QED) is 0.921. The fourth-order valence-corrected chi connectivity index (χ4v) is 2.44. The van der Waals surface area contributed by atoms with E-state index in [-0.39, 0.29) is 11.9 Å². The van der Waals surface area contributed by atoms with E-state index in [1.54, 1.807) is 19.2 Å². The maximum absolute atomic E-state index is 13.3. The topological polar surface area (TPSA) is 21.3 Å². The van der Waals surface area contributed by atoms with Crippen LogP contribution in [0.3, 0.4) is 0 Å². The molecule has 2 rings (SSSR count). The predicted molar refractivity (Wildman–Crippen MR) is 78.0 cm³/mol. The molecule has 0 aliphatic carbocycles. The predicted octanol–water partition coefficient (Wildman–Crippen LogP) is 3.91. The van der Waals surface area contributed by atoms with Crippen LogP contribution in [0.5, 0.6) is 5.75 Å². The number of methoxy groups -OCH3 is 1. The molecule has 0 aliphatic heterocycles. The summed E-state index contributed by atoms with van der Waals surface area (Å²) in [5.74, 6) is 0.545. The van der Waals surface area contributed by atoms with E-state index in [4.69, 9.17) is 4.74 Å². The molecule has 100 valence electrons. The number of rotatable bonds is 4. The van der Waals surface area contributed by atoms with Crippen LogP contribution >= 0.6 is 15.9 Å². The van der Waals surface area contributed by atoms with Gasteiger partial charge in [-0.15, -0.1) is 0 Å². The Bertz CT molecular complexity index is 574. The normalized spacial score (nSPS) is 12.2. The molecule has 0 saturated heterocycles. The van der Waals surface area contributed by atoms with Crippen LogP contribution in [0.15, 0.2) is 46.9 Å². The summed E-state index contributed by atoms with van der Waals surface area (Å²) < 4.78 is 19.0. The SMILES string of the molecule is CNC(c1cccc(OC)c1)c1ccc(F)c(Br)c1. The third kappa shape index (κ3) is 3.14. The van der Waals surface area contributed by atoms with Crippen molar-refractivity contribution in [2.24, 2.45) is 0 Å². The summed E-state index contributed by atoms with van der Waals surface area (Å²) >= 11 is 3.22. The van der Waals surface area contributed by atoms with Gasteiger partial charge in [0.2, 0.25) is 0 Å². The minimum absolute atomic E-state index is 0.00741. The largest absolute Gasteiger partial charge is 0.497 e. The van der Waals surface area contributed by atoms with Gasteiger partial charge in [0.25, 0.3) is 0 Å². The number of hydrogen-bond acceptors (Lipinski definition) is 2. The molecule has 19 heavy (non-hydrogen) atoms. The van der Waals surface area contributed by atoms with Gasteiger partial charge in [-0.2, -0.15) is 0 Å². The van der Waals surface area contributed by atoms with Crippen molar-refractivity contribution in [3.8, 4) is 5.75 Å². The molecule has 0 aromatic heterocycles. The molecule has 0 saturated carbocycles. The van der Waals surface area contributed by atoms with E-state index < -0.39 is 0 Å². The number of nitrogens with one attached hydrogen (secondary N) is 1. The van der Waals surface area contributed by atoms with Crippen molar-refractivity contribution < 1.29 is 9.13 Å². The maximum atomic E-state index is 13.3. The average Bonchev–Trinajstić information content (AvgIpc) is 2.44. The van der Waals surface area contributed by atoms with Crippen LogP contribution in [-0.4, -0.2) is 14.2 Å². The second-order valence-electron chi connectivity index (χ2n) is 4.17. The fraction of sp³-hybridized carbons (Fsp3) is 0.200. The highest BCUT2D eigenvalue weighted by Crippen LogP contribution is 2.27. The van der Waals surface area contributed by atoms with Crippen LogP contribution in [-0.2, 0) is 0 Å². The number of benzene rings is 2. The summed E-state index contributed by atoms with van der Waals surface area (Å²) in [5, 5.41) is 3.23. The Labute approximate surface area is 120 Å². The van der Waals surface area contributed by atoms with Crippen LogP contribution in [0.2, 0.25) is 0 Å². The molecule has 0 amide bonds. The van der Waals surface area contributed by atoms with Crippen LogP contribution < -0.4 is 10.1 Å². The van der Waals surface area contributed by atoms with E-state index in [0.717, 1.165) is 16.9 Å². The molecule has 2 aromatic rings. The Morgan fingerprint density at radius 2 is 1.89 bits per heavy atom. The first kappa shape index (κ1) is 14.0. The molecule has 2 nitrogen and oxygen atoms in total. The molecule has 0 spiro atoms. The molecule has 0 radical (unpaired) electrons. The summed E-state index contributed by atoms with van der Waals surface area (Å²) in [5.41, 5.74) is 2.06. The van der Waals surface area contributed by atoms with Crippen LogP contribution in [0, 0.1) is 5.82 Å². The molecule has 0 heterocycles. The minimum atomic E-state index is -0.260. The van der Waals surface area contributed by atoms with Gasteiger partial charge in [0.1, 0.15) is 11.6 Å². The van der Waals surface area contributed by atoms with Gasteiger partial charge in [-0.3, -0.25) is 0 Å². The van der Waals surface area contributed by atoms with Crippen LogP contribution in [0.1, 0.15) is 17.2 Å². The lowest BCUT2D eigenvalue weighted by molar-refractivity contribution is 0.414. The Morgan fingerprint density at radius 1 is 1.16 bits per heavy atom. The van der Waals surface area contributed by atoms with Gasteiger partial charge >= 0.3 is 0 Å². The van der Waals surface area contributed by atoms with E-state index in [9.17, 15) is 4.39 Å². The highest BCUT2D eigenvalue weighted by atomic mass is 79.9. The molecule has 1 atom stereocenters. The molecule has 1 unspecified atom stereocenters. The van der Waals surface area contributed by atoms with Crippen LogP contribution in [0.25, 0.3) is 0 Å². The Hall–Kier alpha value is -1.39. The van der Waals surface area contributed by atoms with E-state index in [1.807, 2.05) is 31.3 Å². The standard InChI is InChI=1S/C15H15BrFNO/c1-18-15(10-4-3-5-12(8-10)19-2)11-6-7-14(17)13(16)9-11/h3-9,15,18H,1-2H3. The van der Waals surface area contributed by atoms with Crippen molar-refractivity contribution in [2.75, 3.05) is 14.2 Å². The van der Waals surface area contributed by atoms with E-state index in [2.05, 4.69) is 21.2 Å². The number of ether oxygens (including phenoxy) is 1. The van der Waals surface area contributed by atoms with Gasteiger partial charge in [-0.25, -0.2) is 4.39 Å². The first-order valence-corrected chi connectivity index (χ1v) is 6.71. The smallest absolute Gasteiger partial charge is 0.137 e. The molecule has 0 bridgehead atoms. The lowest BCUT2D eigenvalue weighted by atomic mass is 9.98. The second-order valence-corrected chi connectivity index (χ2v) is 5.03. The Balaban J connectivity index is 2.40. The van der Waals surface area contributed by atoms with Crippen molar-refractivity contribution in [2.45, 2.75) is 6.04 Å². The molecule has 2 aromatic carbocycles. The van der Waals surface area contributed by atoms with Gasteiger partial charge < -0.3 is 10.1 Å². The van der Waals surface area contributed by atoms with Gasteiger partial charge in [-0.1, -0.05) is 18.2 Å². The molecule has 0 aliphatic rings. The zero-order chi connectivity index (χ0) is 13.8. The fourth-order valence-electron chi connectivity index (χ4n) is 2.04. The van der Waals surface area contributed by atoms with E-state index >= 15 is 0 Å². The summed E-state index contributed by atoms with van der Waals surface area (Å²) in [6.45, 7) is 0. The van der Waals surface area contributed by atoms with Crippen molar-refractivity contribution in [1.29, 1.82) is 0 Å². The van der Waals surface area contributed by atoms with Gasteiger partial charge in [0, 0.05) is 0 Å². The number of hydrogen-bond donors (Lipinski definition) is 1. The Morgan fingerprint density at radius 3 is 2.53 bits per heavy atom. The molecular weight excluding hydrogens is 309 g/mol. The second kappa shape index (κ2) is 6.17. The highest BCUT2D eigenvalue weighted by molar-refractivity contribution is 9.10. The zero-order valence-corrected chi connectivity index (χ0v) is 12.4. The third-order valence-corrected chi connectivity index (χ3v) is 3.60. The van der Waals surface area contributed by atoms with E-state index in [0.29, 0.717) is 4.47 Å². The number of halogens is 2. The monoisotopic (exact) mass is 323 g/mol. The van der Waals surface area contributed by atoms with Gasteiger partial charge in [0.05, 0.1) is 17.6 Å². The van der Waals surface area contributed by atoms with Crippen molar-refractivity contribution in [3.05, 3.63) is 63.9 Å². The lowest BCUT2D eigenvalue weighted by Gasteiger charge is -2.18. The maximum Gasteiger partial charge on any atom is 0.137 e. The van der Waals surface area contributed by atoms with Crippen LogP contribution in [0.4, 0.5) is 4.39 Å². The highest BCUT2D eigenvalue weighted by Gasteiger charge is 2.14. The molecule has 1 N–H and O–H groups in total. The average molecular weight is 324 g/mol. The van der Waals surface area contributed by atoms with Crippen molar-refractivity contribution in [3.63, 3.8) is 0 Å². The minimum Gasteiger partial charge on any atom is -0.497 e. The summed E-state index contributed by atoms with van der Waals surface area (Å²) in [6.07, 6.45) is 0. The summed E-state index contributed by atoms with van der Waals surface area (Å²) in [4.78, 5) is 0. The van der Waals surface area contributed by atoms with Crippen molar-refractivity contribution >= 4 is 15.9 Å². The zero-order valence-electron chi connectivity index (χ0n) is 10.8. The van der Waals surface area contributed by atoms with Gasteiger partial charge in [0.15, 0.2) is 0 Å². The molecular formula is C15H15BrFNO.